The molecular formula is C12H13NO. The van der Waals surface area contributed by atoms with E-state index in [1.165, 1.54) is 11.1 Å². The van der Waals surface area contributed by atoms with Gasteiger partial charge in [-0.2, -0.15) is 0 Å². The first-order valence-corrected chi connectivity index (χ1v) is 4.77. The minimum Gasteiger partial charge on any atom is -0.335 e. The summed E-state index contributed by atoms with van der Waals surface area (Å²) in [7, 11) is 0. The molecule has 0 fully saturated rings. The standard InChI is InChI=1S/C12H13NO/c1-10(14)13-8-7-12(9-13)11-5-3-2-4-6-11/h2-7H,8-9H2,1H3. The van der Waals surface area contributed by atoms with Crippen LogP contribution in [0.15, 0.2) is 36.4 Å². The summed E-state index contributed by atoms with van der Waals surface area (Å²) < 4.78 is 0. The molecule has 0 radical (unpaired) electrons. The van der Waals surface area contributed by atoms with Gasteiger partial charge in [0.2, 0.25) is 5.91 Å². The summed E-state index contributed by atoms with van der Waals surface area (Å²) in [6.07, 6.45) is 2.12. The molecule has 2 heteroatoms. The molecule has 72 valence electrons. The van der Waals surface area contributed by atoms with Crippen LogP contribution in [0.2, 0.25) is 0 Å². The number of hydrogen-bond acceptors (Lipinski definition) is 1. The number of carbonyl (C=O) groups excluding carboxylic acids is 1. The second-order valence-electron chi connectivity index (χ2n) is 3.49. The highest BCUT2D eigenvalue weighted by molar-refractivity contribution is 5.80. The van der Waals surface area contributed by atoms with Gasteiger partial charge < -0.3 is 4.90 Å². The van der Waals surface area contributed by atoms with Gasteiger partial charge in [-0.05, 0) is 11.1 Å². The van der Waals surface area contributed by atoms with Crippen molar-refractivity contribution in [1.29, 1.82) is 0 Å². The van der Waals surface area contributed by atoms with Gasteiger partial charge in [0.05, 0.1) is 0 Å². The minimum absolute atomic E-state index is 0.146. The van der Waals surface area contributed by atoms with E-state index in [0.717, 1.165) is 13.1 Å². The minimum atomic E-state index is 0.146. The summed E-state index contributed by atoms with van der Waals surface area (Å²) in [5.74, 6) is 0.146. The Bertz CT molecular complexity index is 367. The molecule has 0 spiro atoms. The second-order valence-corrected chi connectivity index (χ2v) is 3.49. The predicted molar refractivity (Wildman–Crippen MR) is 56.7 cm³/mol. The number of carbonyl (C=O) groups is 1. The molecule has 14 heavy (non-hydrogen) atoms. The largest absolute Gasteiger partial charge is 0.335 e. The summed E-state index contributed by atoms with van der Waals surface area (Å²) in [6, 6.07) is 10.2. The zero-order valence-corrected chi connectivity index (χ0v) is 8.23. The Kier molecular flexibility index (Phi) is 2.35. The van der Waals surface area contributed by atoms with Gasteiger partial charge in [-0.1, -0.05) is 36.4 Å². The van der Waals surface area contributed by atoms with Crippen LogP contribution in [0.3, 0.4) is 0 Å². The lowest BCUT2D eigenvalue weighted by Gasteiger charge is -2.13. The van der Waals surface area contributed by atoms with Gasteiger partial charge in [0.15, 0.2) is 0 Å². The van der Waals surface area contributed by atoms with Gasteiger partial charge in [0.1, 0.15) is 0 Å². The summed E-state index contributed by atoms with van der Waals surface area (Å²) in [4.78, 5) is 13.0. The van der Waals surface area contributed by atoms with Crippen molar-refractivity contribution >= 4 is 11.5 Å². The third-order valence-corrected chi connectivity index (χ3v) is 2.51. The summed E-state index contributed by atoms with van der Waals surface area (Å²) in [5, 5.41) is 0. The molecular weight excluding hydrogens is 174 g/mol. The molecule has 2 rings (SSSR count). The zero-order valence-electron chi connectivity index (χ0n) is 8.23. The molecule has 0 aliphatic carbocycles. The Hall–Kier alpha value is -1.57. The molecule has 1 aliphatic heterocycles. The molecule has 0 saturated carbocycles. The zero-order chi connectivity index (χ0) is 9.97. The van der Waals surface area contributed by atoms with E-state index in [-0.39, 0.29) is 5.91 Å². The summed E-state index contributed by atoms with van der Waals surface area (Å²) >= 11 is 0. The van der Waals surface area contributed by atoms with Crippen LogP contribution in [-0.2, 0) is 4.79 Å². The van der Waals surface area contributed by atoms with Crippen molar-refractivity contribution < 1.29 is 4.79 Å². The van der Waals surface area contributed by atoms with Gasteiger partial charge >= 0.3 is 0 Å². The van der Waals surface area contributed by atoms with Crippen molar-refractivity contribution in [2.75, 3.05) is 13.1 Å². The Labute approximate surface area is 83.8 Å². The summed E-state index contributed by atoms with van der Waals surface area (Å²) in [6.45, 7) is 3.11. The first-order chi connectivity index (χ1) is 6.77. The van der Waals surface area contributed by atoms with Gasteiger partial charge in [-0.15, -0.1) is 0 Å². The molecule has 2 nitrogen and oxygen atoms in total. The highest BCUT2D eigenvalue weighted by atomic mass is 16.2. The Morgan fingerprint density at radius 2 is 2.00 bits per heavy atom. The molecule has 1 heterocycles. The molecule has 0 atom stereocenters. The normalized spacial score (nSPS) is 15.5. The lowest BCUT2D eigenvalue weighted by molar-refractivity contribution is -0.127. The third kappa shape index (κ3) is 1.69. The SMILES string of the molecule is CC(=O)N1CC=C(c2ccccc2)C1. The van der Waals surface area contributed by atoms with E-state index < -0.39 is 0 Å². The van der Waals surface area contributed by atoms with E-state index >= 15 is 0 Å². The van der Waals surface area contributed by atoms with E-state index in [1.54, 1.807) is 6.92 Å². The van der Waals surface area contributed by atoms with Crippen LogP contribution in [0.5, 0.6) is 0 Å². The highest BCUT2D eigenvalue weighted by Gasteiger charge is 2.16. The van der Waals surface area contributed by atoms with E-state index in [1.807, 2.05) is 23.1 Å². The lowest BCUT2D eigenvalue weighted by atomic mass is 10.1. The maximum absolute atomic E-state index is 11.1. The maximum Gasteiger partial charge on any atom is 0.220 e. The van der Waals surface area contributed by atoms with Crippen LogP contribution >= 0.6 is 0 Å². The summed E-state index contributed by atoms with van der Waals surface area (Å²) in [5.41, 5.74) is 2.47. The molecule has 0 saturated heterocycles. The van der Waals surface area contributed by atoms with Crippen molar-refractivity contribution in [3.8, 4) is 0 Å². The fourth-order valence-electron chi connectivity index (χ4n) is 1.66. The van der Waals surface area contributed by atoms with Crippen molar-refractivity contribution in [2.24, 2.45) is 0 Å². The van der Waals surface area contributed by atoms with Crippen molar-refractivity contribution in [2.45, 2.75) is 6.92 Å². The second kappa shape index (κ2) is 3.66. The number of rotatable bonds is 1. The Morgan fingerprint density at radius 3 is 2.57 bits per heavy atom. The van der Waals surface area contributed by atoms with Gasteiger partial charge in [0, 0.05) is 20.0 Å². The van der Waals surface area contributed by atoms with Crippen LogP contribution in [0.1, 0.15) is 12.5 Å². The van der Waals surface area contributed by atoms with E-state index in [9.17, 15) is 4.79 Å². The van der Waals surface area contributed by atoms with Gasteiger partial charge in [-0.3, -0.25) is 4.79 Å². The number of amides is 1. The smallest absolute Gasteiger partial charge is 0.220 e. The first kappa shape index (κ1) is 9.00. The van der Waals surface area contributed by atoms with Crippen LogP contribution in [0.25, 0.3) is 5.57 Å². The molecule has 0 aromatic heterocycles. The predicted octanol–water partition coefficient (Wildman–Crippen LogP) is 1.93. The molecule has 1 aliphatic rings. The Morgan fingerprint density at radius 1 is 1.29 bits per heavy atom. The van der Waals surface area contributed by atoms with Crippen LogP contribution in [0, 0.1) is 0 Å². The molecule has 1 aromatic carbocycles. The first-order valence-electron chi connectivity index (χ1n) is 4.77. The molecule has 1 amide bonds. The molecule has 0 bridgehead atoms. The third-order valence-electron chi connectivity index (χ3n) is 2.51. The van der Waals surface area contributed by atoms with Crippen LogP contribution < -0.4 is 0 Å². The quantitative estimate of drug-likeness (QED) is 0.658. The number of benzene rings is 1. The average molecular weight is 187 g/mol. The fourth-order valence-corrected chi connectivity index (χ4v) is 1.66. The van der Waals surface area contributed by atoms with E-state index in [2.05, 4.69) is 18.2 Å². The van der Waals surface area contributed by atoms with Crippen molar-refractivity contribution in [3.05, 3.63) is 42.0 Å². The topological polar surface area (TPSA) is 20.3 Å². The number of hydrogen-bond donors (Lipinski definition) is 0. The van der Waals surface area contributed by atoms with Crippen molar-refractivity contribution in [3.63, 3.8) is 0 Å². The molecule has 0 unspecified atom stereocenters. The fraction of sp³-hybridized carbons (Fsp3) is 0.250. The molecule has 1 aromatic rings. The van der Waals surface area contributed by atoms with Crippen molar-refractivity contribution in [1.82, 2.24) is 4.90 Å². The van der Waals surface area contributed by atoms with Crippen LogP contribution in [0.4, 0.5) is 0 Å². The number of nitrogens with zero attached hydrogens (tertiary/aromatic N) is 1. The monoisotopic (exact) mass is 187 g/mol. The lowest BCUT2D eigenvalue weighted by Crippen LogP contribution is -2.25. The van der Waals surface area contributed by atoms with E-state index in [4.69, 9.17) is 0 Å². The molecule has 0 N–H and O–H groups in total. The maximum atomic E-state index is 11.1. The van der Waals surface area contributed by atoms with Gasteiger partial charge in [-0.25, -0.2) is 0 Å². The van der Waals surface area contributed by atoms with Gasteiger partial charge in [0.25, 0.3) is 0 Å². The highest BCUT2D eigenvalue weighted by Crippen LogP contribution is 2.20. The van der Waals surface area contributed by atoms with Crippen LogP contribution in [-0.4, -0.2) is 23.9 Å². The van der Waals surface area contributed by atoms with E-state index in [0.29, 0.717) is 0 Å². The Balaban J connectivity index is 2.13. The average Bonchev–Trinajstić information content (AvgIpc) is 2.68.